The molecule has 2 amide bonds. The first-order valence-corrected chi connectivity index (χ1v) is 7.82. The highest BCUT2D eigenvalue weighted by atomic mass is 19.1. The van der Waals surface area contributed by atoms with Gasteiger partial charge in [0.05, 0.1) is 18.9 Å². The number of nitrogens with one attached hydrogen (secondary N) is 1. The summed E-state index contributed by atoms with van der Waals surface area (Å²) in [6.07, 6.45) is 0. The number of carbonyl (C=O) groups is 3. The number of rotatable bonds is 3. The van der Waals surface area contributed by atoms with Gasteiger partial charge in [-0.05, 0) is 19.9 Å². The molecule has 1 N–H and O–H groups in total. The summed E-state index contributed by atoms with van der Waals surface area (Å²) in [5.74, 6) is -3.69. The molecule has 3 rings (SSSR count). The maximum Gasteiger partial charge on any atom is 0.326 e. The van der Waals surface area contributed by atoms with Crippen molar-refractivity contribution in [1.29, 1.82) is 0 Å². The summed E-state index contributed by atoms with van der Waals surface area (Å²) in [6, 6.07) is 5.28. The van der Waals surface area contributed by atoms with Crippen LogP contribution in [0, 0.1) is 17.7 Å². The third-order valence-electron chi connectivity index (χ3n) is 5.04. The molecule has 24 heavy (non-hydrogen) atoms. The normalized spacial score (nSPS) is 32.2. The van der Waals surface area contributed by atoms with E-state index in [-0.39, 0.29) is 18.0 Å². The molecule has 0 saturated carbocycles. The monoisotopic (exact) mass is 334 g/mol. The minimum absolute atomic E-state index is 0.214. The predicted molar refractivity (Wildman–Crippen MR) is 82.1 cm³/mol. The number of likely N-dealkylation sites (tertiary alicyclic amines) is 1. The van der Waals surface area contributed by atoms with Gasteiger partial charge in [-0.1, -0.05) is 18.2 Å². The molecule has 1 aromatic carbocycles. The number of fused-ring (bicyclic) bond motifs is 1. The van der Waals surface area contributed by atoms with E-state index in [0.717, 1.165) is 4.90 Å². The Hall–Kier alpha value is -2.28. The van der Waals surface area contributed by atoms with E-state index in [1.165, 1.54) is 20.1 Å². The lowest BCUT2D eigenvalue weighted by Crippen LogP contribution is -2.54. The van der Waals surface area contributed by atoms with Crippen molar-refractivity contribution in [2.45, 2.75) is 25.4 Å². The highest BCUT2D eigenvalue weighted by Crippen LogP contribution is 2.49. The van der Waals surface area contributed by atoms with E-state index in [1.54, 1.807) is 25.1 Å². The van der Waals surface area contributed by atoms with Crippen LogP contribution in [-0.2, 0) is 19.1 Å². The average molecular weight is 334 g/mol. The van der Waals surface area contributed by atoms with E-state index in [9.17, 15) is 18.8 Å². The molecule has 6 nitrogen and oxygen atoms in total. The standard InChI is InChI=1S/C17H19FN2O4/c1-4-20-14(21)11-12(15(20)22)17(2,16(23)24-3)19-13(11)9-7-5-6-8-10(9)18/h5-8,11-13,19H,4H2,1-3H3/t11-,12+,13-,17+/m0/s1. The maximum absolute atomic E-state index is 14.3. The van der Waals surface area contributed by atoms with Gasteiger partial charge in [-0.15, -0.1) is 0 Å². The molecule has 7 heteroatoms. The zero-order chi connectivity index (χ0) is 17.6. The van der Waals surface area contributed by atoms with Crippen LogP contribution in [0.1, 0.15) is 25.5 Å². The second-order valence-electron chi connectivity index (χ2n) is 6.26. The first-order valence-electron chi connectivity index (χ1n) is 7.82. The number of benzene rings is 1. The van der Waals surface area contributed by atoms with Crippen molar-refractivity contribution in [2.75, 3.05) is 13.7 Å². The first-order chi connectivity index (χ1) is 11.4. The van der Waals surface area contributed by atoms with E-state index in [4.69, 9.17) is 4.74 Å². The van der Waals surface area contributed by atoms with Crippen LogP contribution < -0.4 is 5.32 Å². The van der Waals surface area contributed by atoms with Crippen LogP contribution in [0.4, 0.5) is 4.39 Å². The summed E-state index contributed by atoms with van der Waals surface area (Å²) in [7, 11) is 1.22. The van der Waals surface area contributed by atoms with Gasteiger partial charge in [-0.3, -0.25) is 24.6 Å². The molecule has 0 aliphatic carbocycles. The van der Waals surface area contributed by atoms with Gasteiger partial charge in [0.15, 0.2) is 0 Å². The molecule has 2 fully saturated rings. The Morgan fingerprint density at radius 3 is 2.58 bits per heavy atom. The zero-order valence-corrected chi connectivity index (χ0v) is 13.7. The van der Waals surface area contributed by atoms with Gasteiger partial charge in [0, 0.05) is 18.2 Å². The molecule has 2 aliphatic heterocycles. The lowest BCUT2D eigenvalue weighted by molar-refractivity contribution is -0.153. The molecule has 128 valence electrons. The lowest BCUT2D eigenvalue weighted by Gasteiger charge is -2.28. The maximum atomic E-state index is 14.3. The molecule has 4 atom stereocenters. The predicted octanol–water partition coefficient (Wildman–Crippen LogP) is 1.02. The summed E-state index contributed by atoms with van der Waals surface area (Å²) >= 11 is 0. The number of imide groups is 1. The van der Waals surface area contributed by atoms with Crippen LogP contribution in [0.25, 0.3) is 0 Å². The second-order valence-corrected chi connectivity index (χ2v) is 6.26. The molecular formula is C17H19FN2O4. The molecular weight excluding hydrogens is 315 g/mol. The average Bonchev–Trinajstić information content (AvgIpc) is 3.02. The smallest absolute Gasteiger partial charge is 0.326 e. The number of esters is 1. The van der Waals surface area contributed by atoms with Crippen LogP contribution in [0.2, 0.25) is 0 Å². The molecule has 0 unspecified atom stereocenters. The number of hydrogen-bond donors (Lipinski definition) is 1. The third-order valence-corrected chi connectivity index (χ3v) is 5.04. The van der Waals surface area contributed by atoms with Crippen LogP contribution in [-0.4, -0.2) is 41.9 Å². The van der Waals surface area contributed by atoms with Gasteiger partial charge in [0.25, 0.3) is 0 Å². The Kier molecular flexibility index (Phi) is 3.91. The van der Waals surface area contributed by atoms with Gasteiger partial charge in [-0.2, -0.15) is 0 Å². The molecule has 1 aromatic rings. The quantitative estimate of drug-likeness (QED) is 0.660. The molecule has 2 aliphatic rings. The zero-order valence-electron chi connectivity index (χ0n) is 13.7. The summed E-state index contributed by atoms with van der Waals surface area (Å²) < 4.78 is 19.1. The third kappa shape index (κ3) is 2.07. The topological polar surface area (TPSA) is 75.7 Å². The first kappa shape index (κ1) is 16.6. The Morgan fingerprint density at radius 2 is 2.00 bits per heavy atom. The van der Waals surface area contributed by atoms with Gasteiger partial charge >= 0.3 is 5.97 Å². The Balaban J connectivity index is 2.13. The minimum Gasteiger partial charge on any atom is -0.468 e. The fourth-order valence-corrected chi connectivity index (χ4v) is 3.90. The van der Waals surface area contributed by atoms with Crippen LogP contribution in [0.15, 0.2) is 24.3 Å². The number of nitrogens with zero attached hydrogens (tertiary/aromatic N) is 1. The van der Waals surface area contributed by atoms with Crippen molar-refractivity contribution in [3.05, 3.63) is 35.6 Å². The van der Waals surface area contributed by atoms with E-state index in [1.807, 2.05) is 0 Å². The molecule has 0 bridgehead atoms. The Labute approximate surface area is 139 Å². The lowest BCUT2D eigenvalue weighted by atomic mass is 9.80. The molecule has 2 heterocycles. The summed E-state index contributed by atoms with van der Waals surface area (Å²) in [4.78, 5) is 38.9. The van der Waals surface area contributed by atoms with Crippen LogP contribution in [0.5, 0.6) is 0 Å². The van der Waals surface area contributed by atoms with Crippen molar-refractivity contribution in [2.24, 2.45) is 11.8 Å². The van der Waals surface area contributed by atoms with Crippen molar-refractivity contribution in [3.63, 3.8) is 0 Å². The SMILES string of the molecule is CCN1C(=O)[C@@H]2[C@H](c3ccccc3F)N[C@@](C)(C(=O)OC)[C@H]2C1=O. The van der Waals surface area contributed by atoms with Crippen molar-refractivity contribution in [1.82, 2.24) is 10.2 Å². The number of ether oxygens (including phenoxy) is 1. The fraction of sp³-hybridized carbons (Fsp3) is 0.471. The summed E-state index contributed by atoms with van der Waals surface area (Å²) in [5, 5.41) is 3.00. The highest BCUT2D eigenvalue weighted by molar-refractivity contribution is 6.09. The van der Waals surface area contributed by atoms with Crippen molar-refractivity contribution in [3.8, 4) is 0 Å². The molecule has 0 radical (unpaired) electrons. The molecule has 0 spiro atoms. The number of halogens is 1. The van der Waals surface area contributed by atoms with Gasteiger partial charge in [-0.25, -0.2) is 4.39 Å². The number of methoxy groups -OCH3 is 1. The van der Waals surface area contributed by atoms with Crippen LogP contribution in [0.3, 0.4) is 0 Å². The number of amides is 2. The highest BCUT2D eigenvalue weighted by Gasteiger charge is 2.66. The van der Waals surface area contributed by atoms with Crippen LogP contribution >= 0.6 is 0 Å². The summed E-state index contributed by atoms with van der Waals surface area (Å²) in [5.41, 5.74) is -1.12. The van der Waals surface area contributed by atoms with Gasteiger partial charge in [0.1, 0.15) is 11.4 Å². The Morgan fingerprint density at radius 1 is 1.33 bits per heavy atom. The second kappa shape index (κ2) is 5.66. The van der Waals surface area contributed by atoms with E-state index < -0.39 is 41.1 Å². The Bertz CT molecular complexity index is 722. The van der Waals surface area contributed by atoms with Crippen molar-refractivity contribution < 1.29 is 23.5 Å². The van der Waals surface area contributed by atoms with Gasteiger partial charge < -0.3 is 4.74 Å². The molecule has 2 saturated heterocycles. The van der Waals surface area contributed by atoms with E-state index in [2.05, 4.69) is 5.32 Å². The van der Waals surface area contributed by atoms with Crippen molar-refractivity contribution >= 4 is 17.8 Å². The summed E-state index contributed by atoms with van der Waals surface area (Å²) in [6.45, 7) is 3.44. The van der Waals surface area contributed by atoms with Gasteiger partial charge in [0.2, 0.25) is 11.8 Å². The van der Waals surface area contributed by atoms with E-state index >= 15 is 0 Å². The van der Waals surface area contributed by atoms with E-state index in [0.29, 0.717) is 0 Å². The number of hydrogen-bond acceptors (Lipinski definition) is 5. The molecule has 0 aromatic heterocycles. The minimum atomic E-state index is -1.39. The largest absolute Gasteiger partial charge is 0.468 e. The number of carbonyl (C=O) groups excluding carboxylic acids is 3. The fourth-order valence-electron chi connectivity index (χ4n) is 3.90.